The number of benzene rings is 2. The molecule has 1 atom stereocenters. The fraction of sp³-hybridized carbons (Fsp3) is 0.353. The third kappa shape index (κ3) is 2.70. The number of nitrogens with zero attached hydrogens (tertiary/aromatic N) is 1. The topological polar surface area (TPSA) is 32.3 Å². The number of anilines is 1. The van der Waals surface area contributed by atoms with Gasteiger partial charge in [-0.05, 0) is 36.9 Å². The maximum Gasteiger partial charge on any atom is 0.244 e. The zero-order chi connectivity index (χ0) is 14.8. The van der Waals surface area contributed by atoms with Gasteiger partial charge in [0, 0.05) is 16.4 Å². The molecule has 1 amide bonds. The van der Waals surface area contributed by atoms with Gasteiger partial charge in [-0.15, -0.1) is 0 Å². The second kappa shape index (κ2) is 6.16. The van der Waals surface area contributed by atoms with Crippen LogP contribution in [0.15, 0.2) is 40.9 Å². The van der Waals surface area contributed by atoms with Gasteiger partial charge in [-0.25, -0.2) is 0 Å². The summed E-state index contributed by atoms with van der Waals surface area (Å²) >= 11 is 3.59. The van der Waals surface area contributed by atoms with Crippen LogP contribution < -0.4 is 10.2 Å². The summed E-state index contributed by atoms with van der Waals surface area (Å²) in [5.74, 6) is 0.190. The van der Waals surface area contributed by atoms with Gasteiger partial charge >= 0.3 is 0 Å². The van der Waals surface area contributed by atoms with Crippen molar-refractivity contribution in [2.24, 2.45) is 0 Å². The number of carbonyl (C=O) groups is 1. The highest BCUT2D eigenvalue weighted by Gasteiger charge is 2.29. The second-order valence-electron chi connectivity index (χ2n) is 5.35. The van der Waals surface area contributed by atoms with Crippen molar-refractivity contribution >= 4 is 38.3 Å². The lowest BCUT2D eigenvalue weighted by Crippen LogP contribution is -2.50. The largest absolute Gasteiger partial charge is 0.310 e. The molecule has 0 bridgehead atoms. The molecule has 1 heterocycles. The van der Waals surface area contributed by atoms with Crippen LogP contribution in [0.1, 0.15) is 19.8 Å². The Morgan fingerprint density at radius 1 is 1.24 bits per heavy atom. The minimum absolute atomic E-state index is 0.0499. The van der Waals surface area contributed by atoms with Crippen molar-refractivity contribution < 1.29 is 4.79 Å². The van der Waals surface area contributed by atoms with Crippen molar-refractivity contribution in [3.63, 3.8) is 0 Å². The molecule has 0 radical (unpaired) electrons. The van der Waals surface area contributed by atoms with Crippen molar-refractivity contribution in [3.05, 3.63) is 40.9 Å². The summed E-state index contributed by atoms with van der Waals surface area (Å²) in [7, 11) is 0. The Balaban J connectivity index is 2.04. The summed E-state index contributed by atoms with van der Waals surface area (Å²) in [6.45, 7) is 3.67. The van der Waals surface area contributed by atoms with E-state index >= 15 is 0 Å². The molecule has 1 fully saturated rings. The van der Waals surface area contributed by atoms with E-state index in [0.29, 0.717) is 0 Å². The van der Waals surface area contributed by atoms with Gasteiger partial charge in [0.1, 0.15) is 0 Å². The Morgan fingerprint density at radius 2 is 2.00 bits per heavy atom. The third-order valence-corrected chi connectivity index (χ3v) is 4.72. The first-order chi connectivity index (χ1) is 10.2. The average Bonchev–Trinajstić information content (AvgIpc) is 2.51. The second-order valence-corrected chi connectivity index (χ2v) is 6.21. The number of amides is 1. The lowest BCUT2D eigenvalue weighted by molar-refractivity contribution is -0.121. The van der Waals surface area contributed by atoms with Crippen LogP contribution in [0.2, 0.25) is 0 Å². The molecule has 2 aromatic rings. The number of rotatable bonds is 3. The summed E-state index contributed by atoms with van der Waals surface area (Å²) in [5.41, 5.74) is 1.02. The van der Waals surface area contributed by atoms with Gasteiger partial charge in [0.15, 0.2) is 0 Å². The monoisotopic (exact) mass is 346 g/mol. The van der Waals surface area contributed by atoms with Crippen molar-refractivity contribution in [1.82, 2.24) is 5.32 Å². The molecule has 3 rings (SSSR count). The fourth-order valence-electron chi connectivity index (χ4n) is 3.03. The molecule has 1 aliphatic heterocycles. The van der Waals surface area contributed by atoms with Crippen LogP contribution in [-0.2, 0) is 4.79 Å². The van der Waals surface area contributed by atoms with E-state index < -0.39 is 0 Å². The molecule has 0 spiro atoms. The molecule has 0 aromatic heterocycles. The number of likely N-dealkylation sites (N-methyl/N-ethyl adjacent to an activating group) is 1. The number of hydrogen-bond donors (Lipinski definition) is 1. The van der Waals surface area contributed by atoms with E-state index in [1.54, 1.807) is 0 Å². The highest BCUT2D eigenvalue weighted by molar-refractivity contribution is 9.10. The van der Waals surface area contributed by atoms with Crippen molar-refractivity contribution in [3.8, 4) is 0 Å². The number of nitrogens with one attached hydrogen (secondary N) is 1. The van der Waals surface area contributed by atoms with Gasteiger partial charge in [-0.2, -0.15) is 0 Å². The number of hydrogen-bond acceptors (Lipinski definition) is 2. The van der Waals surface area contributed by atoms with Crippen LogP contribution in [0.5, 0.6) is 0 Å². The SMILES string of the molecule is CCNC1CCCN(c2ccc(Br)c3ccccc23)C1=O. The predicted octanol–water partition coefficient (Wildman–Crippen LogP) is 3.71. The van der Waals surface area contributed by atoms with Gasteiger partial charge in [0.25, 0.3) is 0 Å². The van der Waals surface area contributed by atoms with E-state index in [-0.39, 0.29) is 11.9 Å². The predicted molar refractivity (Wildman–Crippen MR) is 90.7 cm³/mol. The van der Waals surface area contributed by atoms with Crippen molar-refractivity contribution in [2.75, 3.05) is 18.0 Å². The first kappa shape index (κ1) is 14.5. The molecular formula is C17H19BrN2O. The Labute approximate surface area is 133 Å². The first-order valence-corrected chi connectivity index (χ1v) is 8.23. The Morgan fingerprint density at radius 3 is 2.76 bits per heavy atom. The molecule has 1 aliphatic rings. The molecule has 21 heavy (non-hydrogen) atoms. The molecule has 4 heteroatoms. The molecule has 1 saturated heterocycles. The summed E-state index contributed by atoms with van der Waals surface area (Å²) in [4.78, 5) is 14.6. The van der Waals surface area contributed by atoms with E-state index in [1.165, 1.54) is 0 Å². The minimum Gasteiger partial charge on any atom is -0.310 e. The molecule has 2 aromatic carbocycles. The molecule has 0 saturated carbocycles. The molecule has 3 nitrogen and oxygen atoms in total. The van der Waals surface area contributed by atoms with E-state index in [0.717, 1.165) is 46.9 Å². The highest BCUT2D eigenvalue weighted by atomic mass is 79.9. The number of carbonyl (C=O) groups excluding carboxylic acids is 1. The Hall–Kier alpha value is -1.39. The third-order valence-electron chi connectivity index (χ3n) is 4.03. The quantitative estimate of drug-likeness (QED) is 0.918. The Kier molecular flexibility index (Phi) is 4.27. The van der Waals surface area contributed by atoms with Crippen molar-refractivity contribution in [1.29, 1.82) is 0 Å². The van der Waals surface area contributed by atoms with Gasteiger partial charge in [-0.3, -0.25) is 4.79 Å². The molecule has 110 valence electrons. The zero-order valence-electron chi connectivity index (χ0n) is 12.1. The Bertz CT molecular complexity index is 669. The van der Waals surface area contributed by atoms with E-state index in [9.17, 15) is 4.79 Å². The standard InChI is InChI=1S/C17H19BrN2O/c1-2-19-15-8-5-11-20(17(15)21)16-10-9-14(18)12-6-3-4-7-13(12)16/h3-4,6-7,9-10,15,19H,2,5,8,11H2,1H3. The number of halogens is 1. The molecular weight excluding hydrogens is 328 g/mol. The lowest BCUT2D eigenvalue weighted by atomic mass is 10.0. The summed E-state index contributed by atoms with van der Waals surface area (Å²) in [6, 6.07) is 12.2. The summed E-state index contributed by atoms with van der Waals surface area (Å²) in [6.07, 6.45) is 1.96. The lowest BCUT2D eigenvalue weighted by Gasteiger charge is -2.33. The first-order valence-electron chi connectivity index (χ1n) is 7.44. The molecule has 1 unspecified atom stereocenters. The van der Waals surface area contributed by atoms with E-state index in [4.69, 9.17) is 0 Å². The highest BCUT2D eigenvalue weighted by Crippen LogP contribution is 2.33. The van der Waals surface area contributed by atoms with Crippen LogP contribution in [0.4, 0.5) is 5.69 Å². The van der Waals surface area contributed by atoms with Crippen LogP contribution in [0, 0.1) is 0 Å². The van der Waals surface area contributed by atoms with Crippen LogP contribution in [-0.4, -0.2) is 25.0 Å². The van der Waals surface area contributed by atoms with E-state index in [2.05, 4.69) is 33.4 Å². The van der Waals surface area contributed by atoms with Gasteiger partial charge in [0.2, 0.25) is 5.91 Å². The van der Waals surface area contributed by atoms with Crippen LogP contribution >= 0.6 is 15.9 Å². The number of fused-ring (bicyclic) bond motifs is 1. The molecule has 0 aliphatic carbocycles. The summed E-state index contributed by atoms with van der Waals surface area (Å²) < 4.78 is 1.06. The minimum atomic E-state index is -0.0499. The van der Waals surface area contributed by atoms with E-state index in [1.807, 2.05) is 36.1 Å². The molecule has 1 N–H and O–H groups in total. The summed E-state index contributed by atoms with van der Waals surface area (Å²) in [5, 5.41) is 5.56. The zero-order valence-corrected chi connectivity index (χ0v) is 13.7. The van der Waals surface area contributed by atoms with Gasteiger partial charge in [-0.1, -0.05) is 47.1 Å². The fourth-order valence-corrected chi connectivity index (χ4v) is 3.51. The maximum atomic E-state index is 12.7. The van der Waals surface area contributed by atoms with Crippen molar-refractivity contribution in [2.45, 2.75) is 25.8 Å². The van der Waals surface area contributed by atoms with Crippen LogP contribution in [0.25, 0.3) is 10.8 Å². The van der Waals surface area contributed by atoms with Gasteiger partial charge in [0.05, 0.1) is 11.7 Å². The van der Waals surface area contributed by atoms with Crippen LogP contribution in [0.3, 0.4) is 0 Å². The average molecular weight is 347 g/mol. The smallest absolute Gasteiger partial charge is 0.244 e. The number of piperidine rings is 1. The normalized spacial score (nSPS) is 19.2. The van der Waals surface area contributed by atoms with Gasteiger partial charge < -0.3 is 10.2 Å². The maximum absolute atomic E-state index is 12.7.